The van der Waals surface area contributed by atoms with Crippen LogP contribution in [0.2, 0.25) is 0 Å². The Bertz CT molecular complexity index is 839. The lowest BCUT2D eigenvalue weighted by Crippen LogP contribution is -2.32. The number of benzene rings is 1. The summed E-state index contributed by atoms with van der Waals surface area (Å²) in [6, 6.07) is 10.7. The van der Waals surface area contributed by atoms with Crippen molar-refractivity contribution in [3.63, 3.8) is 0 Å². The average molecular weight is 348 g/mol. The Balaban J connectivity index is 1.96. The number of carbonyl (C=O) groups is 1. The molecule has 6 nitrogen and oxygen atoms in total. The molecule has 0 atom stereocenters. The van der Waals surface area contributed by atoms with Gasteiger partial charge in [-0.3, -0.25) is 0 Å². The molecule has 1 aromatic carbocycles. The van der Waals surface area contributed by atoms with E-state index in [1.165, 1.54) is 21.1 Å². The molecule has 0 bridgehead atoms. The van der Waals surface area contributed by atoms with E-state index in [0.29, 0.717) is 13.1 Å². The van der Waals surface area contributed by atoms with Crippen LogP contribution >= 0.6 is 0 Å². The van der Waals surface area contributed by atoms with Crippen LogP contribution < -0.4 is 0 Å². The summed E-state index contributed by atoms with van der Waals surface area (Å²) in [5.41, 5.74) is 0.910. The van der Waals surface area contributed by atoms with Crippen LogP contribution in [0, 0.1) is 0 Å². The van der Waals surface area contributed by atoms with Gasteiger partial charge in [-0.2, -0.15) is 4.31 Å². The smallest absolute Gasteiger partial charge is 0.352 e. The molecule has 1 aliphatic carbocycles. The van der Waals surface area contributed by atoms with Crippen LogP contribution in [-0.4, -0.2) is 34.4 Å². The van der Waals surface area contributed by atoms with Crippen molar-refractivity contribution in [3.05, 3.63) is 53.9 Å². The van der Waals surface area contributed by atoms with Crippen molar-refractivity contribution in [3.8, 4) is 0 Å². The Kier molecular flexibility index (Phi) is 4.47. The van der Waals surface area contributed by atoms with Crippen molar-refractivity contribution in [1.82, 2.24) is 8.87 Å². The summed E-state index contributed by atoms with van der Waals surface area (Å²) in [7, 11) is -3.73. The fourth-order valence-corrected chi connectivity index (χ4v) is 4.45. The van der Waals surface area contributed by atoms with Gasteiger partial charge in [0.2, 0.25) is 10.0 Å². The van der Waals surface area contributed by atoms with E-state index in [9.17, 15) is 18.3 Å². The number of carboxylic acid groups (broad SMARTS) is 1. The van der Waals surface area contributed by atoms with Gasteiger partial charge < -0.3 is 9.67 Å². The number of rotatable bonds is 7. The number of aryl methyl sites for hydroxylation is 1. The van der Waals surface area contributed by atoms with Crippen molar-refractivity contribution < 1.29 is 18.3 Å². The van der Waals surface area contributed by atoms with Gasteiger partial charge >= 0.3 is 5.97 Å². The second kappa shape index (κ2) is 6.41. The minimum atomic E-state index is -3.73. The van der Waals surface area contributed by atoms with Gasteiger partial charge in [0.15, 0.2) is 0 Å². The first-order chi connectivity index (χ1) is 11.4. The number of sulfonamides is 1. The maximum Gasteiger partial charge on any atom is 0.352 e. The monoisotopic (exact) mass is 348 g/mol. The number of carboxylic acids is 1. The van der Waals surface area contributed by atoms with Gasteiger partial charge in [0, 0.05) is 25.3 Å². The van der Waals surface area contributed by atoms with E-state index in [4.69, 9.17) is 0 Å². The molecule has 1 fully saturated rings. The molecule has 0 spiro atoms. The van der Waals surface area contributed by atoms with Crippen LogP contribution in [0.3, 0.4) is 0 Å². The highest BCUT2D eigenvalue weighted by molar-refractivity contribution is 7.89. The van der Waals surface area contributed by atoms with Crippen molar-refractivity contribution in [2.45, 2.75) is 43.8 Å². The molecule has 1 aromatic heterocycles. The van der Waals surface area contributed by atoms with Gasteiger partial charge in [-0.25, -0.2) is 13.2 Å². The summed E-state index contributed by atoms with van der Waals surface area (Å²) in [5, 5.41) is 9.24. The summed E-state index contributed by atoms with van der Waals surface area (Å²) in [6.45, 7) is 2.48. The fourth-order valence-electron chi connectivity index (χ4n) is 2.74. The second-order valence-electron chi connectivity index (χ2n) is 5.92. The van der Waals surface area contributed by atoms with Crippen LogP contribution in [0.5, 0.6) is 0 Å². The first kappa shape index (κ1) is 16.7. The van der Waals surface area contributed by atoms with E-state index in [1.54, 1.807) is 6.92 Å². The molecule has 1 saturated carbocycles. The van der Waals surface area contributed by atoms with Crippen molar-refractivity contribution >= 4 is 16.0 Å². The molecular formula is C17H20N2O4S. The fraction of sp³-hybridized carbons (Fsp3) is 0.353. The van der Waals surface area contributed by atoms with Crippen molar-refractivity contribution in [2.75, 3.05) is 0 Å². The van der Waals surface area contributed by atoms with E-state index in [1.807, 2.05) is 30.3 Å². The Labute approximate surface area is 141 Å². The van der Waals surface area contributed by atoms with E-state index >= 15 is 0 Å². The maximum absolute atomic E-state index is 13.0. The maximum atomic E-state index is 13.0. The largest absolute Gasteiger partial charge is 0.477 e. The van der Waals surface area contributed by atoms with Gasteiger partial charge in [-0.15, -0.1) is 0 Å². The van der Waals surface area contributed by atoms with E-state index in [2.05, 4.69) is 0 Å². The van der Waals surface area contributed by atoms with Gasteiger partial charge in [0.1, 0.15) is 10.6 Å². The Morgan fingerprint density at radius 1 is 1.29 bits per heavy atom. The van der Waals surface area contributed by atoms with Gasteiger partial charge in [0.05, 0.1) is 0 Å². The number of aromatic carboxylic acids is 1. The van der Waals surface area contributed by atoms with E-state index < -0.39 is 16.0 Å². The Morgan fingerprint density at radius 3 is 2.46 bits per heavy atom. The molecule has 1 heterocycles. The zero-order valence-corrected chi connectivity index (χ0v) is 14.2. The molecule has 24 heavy (non-hydrogen) atoms. The lowest BCUT2D eigenvalue weighted by molar-refractivity contribution is 0.0685. The quantitative estimate of drug-likeness (QED) is 0.834. The molecule has 1 aliphatic rings. The third-order valence-corrected chi connectivity index (χ3v) is 6.04. The second-order valence-corrected chi connectivity index (χ2v) is 7.81. The molecule has 128 valence electrons. The minimum absolute atomic E-state index is 0.00605. The van der Waals surface area contributed by atoms with Crippen LogP contribution in [0.15, 0.2) is 47.5 Å². The topological polar surface area (TPSA) is 79.6 Å². The lowest BCUT2D eigenvalue weighted by atomic mass is 10.2. The van der Waals surface area contributed by atoms with Crippen LogP contribution in [0.4, 0.5) is 0 Å². The molecule has 1 N–H and O–H groups in total. The standard InChI is InChI=1S/C17H20N2O4S/c1-2-18-12-15(10-16(18)17(20)21)24(22,23)19(14-8-9-14)11-13-6-4-3-5-7-13/h3-7,10,12,14H,2,8-9,11H2,1H3,(H,20,21). The van der Waals surface area contributed by atoms with Gasteiger partial charge in [-0.1, -0.05) is 30.3 Å². The van der Waals surface area contributed by atoms with E-state index in [0.717, 1.165) is 18.4 Å². The number of hydrogen-bond acceptors (Lipinski definition) is 3. The third-order valence-electron chi connectivity index (χ3n) is 4.17. The summed E-state index contributed by atoms with van der Waals surface area (Å²) < 4.78 is 29.0. The first-order valence-electron chi connectivity index (χ1n) is 7.92. The van der Waals surface area contributed by atoms with Gasteiger partial charge in [0.25, 0.3) is 0 Å². The number of nitrogens with zero attached hydrogens (tertiary/aromatic N) is 2. The number of hydrogen-bond donors (Lipinski definition) is 1. The first-order valence-corrected chi connectivity index (χ1v) is 9.36. The summed E-state index contributed by atoms with van der Waals surface area (Å²) in [6.07, 6.45) is 3.10. The Morgan fingerprint density at radius 2 is 1.96 bits per heavy atom. The third kappa shape index (κ3) is 3.22. The molecule has 0 radical (unpaired) electrons. The highest BCUT2D eigenvalue weighted by Gasteiger charge is 2.39. The van der Waals surface area contributed by atoms with Crippen LogP contribution in [0.1, 0.15) is 35.8 Å². The molecule has 2 aromatic rings. The zero-order valence-electron chi connectivity index (χ0n) is 13.4. The predicted octanol–water partition coefficient (Wildman–Crippen LogP) is 2.56. The molecular weight excluding hydrogens is 328 g/mol. The van der Waals surface area contributed by atoms with Crippen molar-refractivity contribution in [1.29, 1.82) is 0 Å². The highest BCUT2D eigenvalue weighted by Crippen LogP contribution is 2.34. The van der Waals surface area contributed by atoms with Gasteiger partial charge in [-0.05, 0) is 31.4 Å². The number of aromatic nitrogens is 1. The molecule has 7 heteroatoms. The predicted molar refractivity (Wildman–Crippen MR) is 89.3 cm³/mol. The summed E-state index contributed by atoms with van der Waals surface area (Å²) in [4.78, 5) is 11.3. The summed E-state index contributed by atoms with van der Waals surface area (Å²) in [5.74, 6) is -1.13. The zero-order chi connectivity index (χ0) is 17.3. The van der Waals surface area contributed by atoms with Crippen LogP contribution in [0.25, 0.3) is 0 Å². The van der Waals surface area contributed by atoms with Crippen molar-refractivity contribution in [2.24, 2.45) is 0 Å². The average Bonchev–Trinajstić information content (AvgIpc) is 3.29. The Hall–Kier alpha value is -2.12. The SMILES string of the molecule is CCn1cc(S(=O)(=O)N(Cc2ccccc2)C2CC2)cc1C(=O)O. The molecule has 0 unspecified atom stereocenters. The molecule has 0 aliphatic heterocycles. The molecule has 0 amide bonds. The summed E-state index contributed by atoms with van der Waals surface area (Å²) >= 11 is 0. The molecule has 3 rings (SSSR count). The lowest BCUT2D eigenvalue weighted by Gasteiger charge is -2.21. The van der Waals surface area contributed by atoms with E-state index in [-0.39, 0.29) is 16.6 Å². The highest BCUT2D eigenvalue weighted by atomic mass is 32.2. The normalized spacial score (nSPS) is 14.9. The minimum Gasteiger partial charge on any atom is -0.477 e. The van der Waals surface area contributed by atoms with Crippen LogP contribution in [-0.2, 0) is 23.1 Å². The molecule has 0 saturated heterocycles.